The van der Waals surface area contributed by atoms with E-state index in [-0.39, 0.29) is 19.0 Å². The van der Waals surface area contributed by atoms with Gasteiger partial charge in [-0.25, -0.2) is 9.79 Å². The third kappa shape index (κ3) is 3.91. The van der Waals surface area contributed by atoms with E-state index in [4.69, 9.17) is 37.4 Å². The van der Waals surface area contributed by atoms with Gasteiger partial charge in [0.2, 0.25) is 6.79 Å². The number of hydrogen-bond donors (Lipinski definition) is 0. The number of fused-ring (bicyclic) bond motifs is 2. The van der Waals surface area contributed by atoms with E-state index in [0.717, 1.165) is 5.56 Å². The van der Waals surface area contributed by atoms with Crippen LogP contribution in [-0.2, 0) is 9.53 Å². The number of allylic oxidation sites excluding steroid dienone is 1. The summed E-state index contributed by atoms with van der Waals surface area (Å²) in [5.41, 5.74) is 1.83. The molecular formula is C24H18Cl2N2O5S. The summed E-state index contributed by atoms with van der Waals surface area (Å²) in [7, 11) is 0. The molecule has 0 aliphatic carbocycles. The molecule has 1 aromatic heterocycles. The van der Waals surface area contributed by atoms with Gasteiger partial charge in [0.25, 0.3) is 5.56 Å². The molecule has 0 unspecified atom stereocenters. The SMILES string of the molecule is CCOC(=O)C1=C(C)N=c2sc(=Cc3cc4c(cc3Cl)OCO4)c(=O)n2[C@H]1c1ccc(Cl)cc1. The van der Waals surface area contributed by atoms with E-state index in [1.807, 2.05) is 0 Å². The van der Waals surface area contributed by atoms with E-state index in [0.29, 0.717) is 47.7 Å². The maximum atomic E-state index is 13.6. The number of aromatic nitrogens is 1. The second-order valence-corrected chi connectivity index (χ2v) is 9.43. The van der Waals surface area contributed by atoms with Crippen LogP contribution in [0.15, 0.2) is 57.5 Å². The van der Waals surface area contributed by atoms with Gasteiger partial charge < -0.3 is 14.2 Å². The summed E-state index contributed by atoms with van der Waals surface area (Å²) < 4.78 is 18.0. The maximum absolute atomic E-state index is 13.6. The van der Waals surface area contributed by atoms with Crippen LogP contribution in [-0.4, -0.2) is 23.9 Å². The zero-order valence-electron chi connectivity index (χ0n) is 18.1. The van der Waals surface area contributed by atoms with Crippen LogP contribution < -0.4 is 24.4 Å². The fraction of sp³-hybridized carbons (Fsp3) is 0.208. The first-order valence-corrected chi connectivity index (χ1v) is 12.0. The minimum Gasteiger partial charge on any atom is -0.463 e. The van der Waals surface area contributed by atoms with Gasteiger partial charge in [-0.05, 0) is 49.2 Å². The lowest BCUT2D eigenvalue weighted by atomic mass is 9.96. The van der Waals surface area contributed by atoms with Crippen LogP contribution in [0.2, 0.25) is 10.0 Å². The molecule has 0 fully saturated rings. The summed E-state index contributed by atoms with van der Waals surface area (Å²) in [5, 5.41) is 0.972. The Kier molecular flexibility index (Phi) is 5.97. The lowest BCUT2D eigenvalue weighted by molar-refractivity contribution is -0.139. The van der Waals surface area contributed by atoms with Crippen LogP contribution in [0.3, 0.4) is 0 Å². The first kappa shape index (κ1) is 22.7. The highest BCUT2D eigenvalue weighted by molar-refractivity contribution is 7.07. The average Bonchev–Trinajstić information content (AvgIpc) is 3.37. The van der Waals surface area contributed by atoms with Gasteiger partial charge in [0.15, 0.2) is 16.3 Å². The first-order chi connectivity index (χ1) is 16.4. The number of ether oxygens (including phenoxy) is 3. The van der Waals surface area contributed by atoms with E-state index in [2.05, 4.69) is 4.99 Å². The van der Waals surface area contributed by atoms with Crippen LogP contribution in [0.25, 0.3) is 6.08 Å². The monoisotopic (exact) mass is 516 g/mol. The fourth-order valence-corrected chi connectivity index (χ4v) is 5.31. The van der Waals surface area contributed by atoms with Gasteiger partial charge in [0.1, 0.15) is 0 Å². The molecule has 3 aromatic rings. The van der Waals surface area contributed by atoms with Crippen LogP contribution in [0, 0.1) is 0 Å². The molecule has 10 heteroatoms. The summed E-state index contributed by atoms with van der Waals surface area (Å²) in [6.07, 6.45) is 1.69. The predicted molar refractivity (Wildman–Crippen MR) is 129 cm³/mol. The number of benzene rings is 2. The molecule has 0 radical (unpaired) electrons. The van der Waals surface area contributed by atoms with Crippen LogP contribution in [0.1, 0.15) is 31.0 Å². The number of rotatable bonds is 4. The van der Waals surface area contributed by atoms with E-state index in [9.17, 15) is 9.59 Å². The molecule has 1 atom stereocenters. The third-order valence-electron chi connectivity index (χ3n) is 5.48. The Labute approximate surface area is 208 Å². The topological polar surface area (TPSA) is 79.1 Å². The number of carbonyl (C=O) groups excluding carboxylic acids is 1. The van der Waals surface area contributed by atoms with E-state index < -0.39 is 12.0 Å². The van der Waals surface area contributed by atoms with Crippen LogP contribution in [0.5, 0.6) is 11.5 Å². The van der Waals surface area contributed by atoms with Gasteiger partial charge in [-0.3, -0.25) is 9.36 Å². The van der Waals surface area contributed by atoms with Gasteiger partial charge in [-0.2, -0.15) is 0 Å². The Hall–Kier alpha value is -3.07. The van der Waals surface area contributed by atoms with E-state index in [1.54, 1.807) is 56.3 Å². The molecule has 174 valence electrons. The summed E-state index contributed by atoms with van der Waals surface area (Å²) in [4.78, 5) is 31.6. The van der Waals surface area contributed by atoms with Gasteiger partial charge >= 0.3 is 5.97 Å². The summed E-state index contributed by atoms with van der Waals surface area (Å²) in [5.74, 6) is 0.598. The van der Waals surface area contributed by atoms with Gasteiger partial charge in [-0.15, -0.1) is 0 Å². The van der Waals surface area contributed by atoms with Gasteiger partial charge in [0.05, 0.1) is 33.5 Å². The summed E-state index contributed by atoms with van der Waals surface area (Å²) in [6, 6.07) is 9.70. The van der Waals surface area contributed by atoms with Crippen molar-refractivity contribution in [3.8, 4) is 11.5 Å². The number of esters is 1. The van der Waals surface area contributed by atoms with Gasteiger partial charge in [0, 0.05) is 11.1 Å². The molecule has 0 saturated carbocycles. The molecule has 2 aliphatic rings. The normalized spacial score (nSPS) is 16.9. The van der Waals surface area contributed by atoms with Gasteiger partial charge in [-0.1, -0.05) is 46.7 Å². The van der Waals surface area contributed by atoms with Crippen molar-refractivity contribution in [2.24, 2.45) is 4.99 Å². The molecule has 2 aromatic carbocycles. The minimum atomic E-state index is -0.707. The predicted octanol–water partition coefficient (Wildman–Crippen LogP) is 3.83. The van der Waals surface area contributed by atoms with Crippen molar-refractivity contribution >= 4 is 46.6 Å². The van der Waals surface area contributed by atoms with Crippen molar-refractivity contribution in [3.63, 3.8) is 0 Å². The molecule has 0 bridgehead atoms. The maximum Gasteiger partial charge on any atom is 0.338 e. The molecule has 34 heavy (non-hydrogen) atoms. The largest absolute Gasteiger partial charge is 0.463 e. The standard InChI is InChI=1S/C24H18Cl2N2O5S/c1-3-31-23(30)20-12(2)27-24-28(21(20)13-4-6-15(25)7-5-13)22(29)19(34-24)9-14-8-17-18(10-16(14)26)33-11-32-17/h4-10,21H,3,11H2,1-2H3/t21-/m0/s1. The summed E-state index contributed by atoms with van der Waals surface area (Å²) >= 11 is 13.7. The molecular weight excluding hydrogens is 499 g/mol. The Balaban J connectivity index is 1.71. The molecule has 0 saturated heterocycles. The van der Waals surface area contributed by atoms with E-state index >= 15 is 0 Å². The molecule has 0 amide bonds. The van der Waals surface area contributed by atoms with E-state index in [1.165, 1.54) is 15.9 Å². The van der Waals surface area contributed by atoms with Crippen LogP contribution in [0.4, 0.5) is 0 Å². The second-order valence-electron chi connectivity index (χ2n) is 7.58. The summed E-state index contributed by atoms with van der Waals surface area (Å²) in [6.45, 7) is 3.79. The average molecular weight is 517 g/mol. The smallest absolute Gasteiger partial charge is 0.338 e. The Bertz CT molecular complexity index is 1520. The Morgan fingerprint density at radius 2 is 1.94 bits per heavy atom. The fourth-order valence-electron chi connectivity index (χ4n) is 3.94. The molecule has 2 aliphatic heterocycles. The molecule has 0 N–H and O–H groups in total. The zero-order valence-corrected chi connectivity index (χ0v) is 20.5. The highest BCUT2D eigenvalue weighted by Crippen LogP contribution is 2.37. The highest BCUT2D eigenvalue weighted by atomic mass is 35.5. The van der Waals surface area contributed by atoms with Crippen molar-refractivity contribution in [1.29, 1.82) is 0 Å². The zero-order chi connectivity index (χ0) is 24.0. The molecule has 7 nitrogen and oxygen atoms in total. The lowest BCUT2D eigenvalue weighted by Crippen LogP contribution is -2.39. The molecule has 3 heterocycles. The lowest BCUT2D eigenvalue weighted by Gasteiger charge is -2.24. The van der Waals surface area contributed by atoms with Crippen molar-refractivity contribution in [2.75, 3.05) is 13.4 Å². The number of carbonyl (C=O) groups is 1. The van der Waals surface area contributed by atoms with Crippen molar-refractivity contribution in [3.05, 3.63) is 88.5 Å². The first-order valence-electron chi connectivity index (χ1n) is 10.4. The second kappa shape index (κ2) is 8.94. The van der Waals surface area contributed by atoms with Crippen molar-refractivity contribution < 1.29 is 19.0 Å². The van der Waals surface area contributed by atoms with Crippen molar-refractivity contribution in [1.82, 2.24) is 4.57 Å². The third-order valence-corrected chi connectivity index (χ3v) is 7.04. The molecule has 0 spiro atoms. The highest BCUT2D eigenvalue weighted by Gasteiger charge is 2.33. The number of halogens is 2. The number of nitrogens with zero attached hydrogens (tertiary/aromatic N) is 2. The molecule has 5 rings (SSSR count). The number of thiazole rings is 1. The van der Waals surface area contributed by atoms with Crippen molar-refractivity contribution in [2.45, 2.75) is 19.9 Å². The Morgan fingerprint density at radius 1 is 1.24 bits per heavy atom. The van der Waals surface area contributed by atoms with Crippen LogP contribution >= 0.6 is 34.5 Å². The minimum absolute atomic E-state index is 0.119. The quantitative estimate of drug-likeness (QED) is 0.492. The number of hydrogen-bond acceptors (Lipinski definition) is 7. The Morgan fingerprint density at radius 3 is 2.65 bits per heavy atom.